The molecule has 1 aromatic carbocycles. The van der Waals surface area contributed by atoms with Crippen LogP contribution in [0, 0.1) is 19.3 Å². The average Bonchev–Trinajstić information content (AvgIpc) is 2.73. The maximum absolute atomic E-state index is 12.6. The van der Waals surface area contributed by atoms with Gasteiger partial charge in [-0.15, -0.1) is 9.61 Å². The van der Waals surface area contributed by atoms with Gasteiger partial charge in [0.15, 0.2) is 6.10 Å². The molecule has 3 atom stereocenters. The molecule has 11 heteroatoms. The largest absolute Gasteiger partial charge is 0.500 e. The zero-order chi connectivity index (χ0) is 24.8. The fourth-order valence-corrected chi connectivity index (χ4v) is 5.29. The molecule has 1 aromatic rings. The van der Waals surface area contributed by atoms with Gasteiger partial charge in [-0.2, -0.15) is 9.42 Å². The quantitative estimate of drug-likeness (QED) is 0.355. The highest BCUT2D eigenvalue weighted by molar-refractivity contribution is 7.58. The number of aryl methyl sites for hydroxylation is 2. The van der Waals surface area contributed by atoms with E-state index in [9.17, 15) is 19.3 Å². The van der Waals surface area contributed by atoms with Crippen molar-refractivity contribution in [1.82, 2.24) is 10.4 Å². The molecule has 1 aliphatic rings. The predicted molar refractivity (Wildman–Crippen MR) is 122 cm³/mol. The molecule has 1 saturated heterocycles. The number of hydrogen-bond donors (Lipinski definition) is 3. The Labute approximate surface area is 194 Å². The second-order valence-corrected chi connectivity index (χ2v) is 10.6. The van der Waals surface area contributed by atoms with Crippen LogP contribution in [0.15, 0.2) is 18.2 Å². The van der Waals surface area contributed by atoms with Gasteiger partial charge in [0.05, 0.1) is 13.5 Å². The SMILES string of the molecule is COC(=O)CCNC(=O)[C@@H]1O[P+](O)(NC(C)C(=O)OCc2cc(C)cc(C)c2)OCC1(C)C. The van der Waals surface area contributed by atoms with Crippen molar-refractivity contribution in [3.63, 3.8) is 0 Å². The molecule has 0 radical (unpaired) electrons. The van der Waals surface area contributed by atoms with Crippen LogP contribution in [0.4, 0.5) is 0 Å². The molecule has 1 aliphatic heterocycles. The number of hydrogen-bond acceptors (Lipinski definition) is 9. The van der Waals surface area contributed by atoms with Crippen molar-refractivity contribution in [2.75, 3.05) is 20.3 Å². The Morgan fingerprint density at radius 2 is 1.88 bits per heavy atom. The molecule has 3 N–H and O–H groups in total. The molecule has 0 spiro atoms. The van der Waals surface area contributed by atoms with Crippen molar-refractivity contribution in [3.8, 4) is 0 Å². The van der Waals surface area contributed by atoms with Crippen molar-refractivity contribution >= 4 is 25.9 Å². The minimum absolute atomic E-state index is 0.00683. The number of carbonyl (C=O) groups is 3. The van der Waals surface area contributed by atoms with Crippen molar-refractivity contribution < 1.29 is 37.8 Å². The van der Waals surface area contributed by atoms with Crippen LogP contribution in [-0.2, 0) is 39.5 Å². The lowest BCUT2D eigenvalue weighted by Gasteiger charge is -2.37. The maximum atomic E-state index is 12.6. The molecular weight excluding hydrogens is 451 g/mol. The summed E-state index contributed by atoms with van der Waals surface area (Å²) in [5.41, 5.74) is 2.23. The third-order valence-electron chi connectivity index (χ3n) is 5.04. The summed E-state index contributed by atoms with van der Waals surface area (Å²) < 4.78 is 21.1. The number of esters is 2. The Kier molecular flexibility index (Phi) is 9.34. The van der Waals surface area contributed by atoms with Crippen LogP contribution < -0.4 is 10.4 Å². The Morgan fingerprint density at radius 1 is 1.24 bits per heavy atom. The van der Waals surface area contributed by atoms with E-state index >= 15 is 0 Å². The first-order valence-corrected chi connectivity index (χ1v) is 12.2. The van der Waals surface area contributed by atoms with E-state index in [0.717, 1.165) is 16.7 Å². The maximum Gasteiger partial charge on any atom is 0.500 e. The number of amides is 1. The second kappa shape index (κ2) is 11.4. The normalized spacial score (nSPS) is 22.8. The summed E-state index contributed by atoms with van der Waals surface area (Å²) in [6, 6.07) is 4.94. The van der Waals surface area contributed by atoms with E-state index in [4.69, 9.17) is 13.8 Å². The molecule has 10 nitrogen and oxygen atoms in total. The molecule has 184 valence electrons. The highest BCUT2D eigenvalue weighted by Crippen LogP contribution is 2.60. The van der Waals surface area contributed by atoms with Gasteiger partial charge in [0, 0.05) is 12.0 Å². The molecular formula is C22H34N2O8P+. The predicted octanol–water partition coefficient (Wildman–Crippen LogP) is 2.12. The van der Waals surface area contributed by atoms with E-state index in [2.05, 4.69) is 15.1 Å². The number of benzene rings is 1. The first-order chi connectivity index (χ1) is 15.3. The fraction of sp³-hybridized carbons (Fsp3) is 0.591. The van der Waals surface area contributed by atoms with Crippen LogP contribution in [0.1, 0.15) is 43.9 Å². The number of methoxy groups -OCH3 is 1. The van der Waals surface area contributed by atoms with Gasteiger partial charge >= 0.3 is 20.0 Å². The number of ether oxygens (including phenoxy) is 2. The minimum Gasteiger partial charge on any atom is -0.469 e. The van der Waals surface area contributed by atoms with Gasteiger partial charge in [-0.3, -0.25) is 14.4 Å². The summed E-state index contributed by atoms with van der Waals surface area (Å²) in [6.07, 6.45) is -1.06. The Morgan fingerprint density at radius 3 is 2.48 bits per heavy atom. The monoisotopic (exact) mass is 485 g/mol. The molecule has 2 rings (SSSR count). The highest BCUT2D eigenvalue weighted by atomic mass is 31.2. The van der Waals surface area contributed by atoms with Crippen molar-refractivity contribution in [1.29, 1.82) is 0 Å². The first-order valence-electron chi connectivity index (χ1n) is 10.7. The van der Waals surface area contributed by atoms with Gasteiger partial charge in [-0.1, -0.05) is 43.2 Å². The van der Waals surface area contributed by atoms with E-state index < -0.39 is 43.5 Å². The topological polar surface area (TPSA) is 132 Å². The molecule has 0 saturated carbocycles. The van der Waals surface area contributed by atoms with E-state index in [0.29, 0.717) is 0 Å². The lowest BCUT2D eigenvalue weighted by molar-refractivity contribution is -0.147. The van der Waals surface area contributed by atoms with E-state index in [1.165, 1.54) is 14.0 Å². The Hall–Kier alpha value is -2.10. The van der Waals surface area contributed by atoms with E-state index in [1.54, 1.807) is 13.8 Å². The van der Waals surface area contributed by atoms with Gasteiger partial charge in [-0.25, -0.2) is 0 Å². The molecule has 0 bridgehead atoms. The summed E-state index contributed by atoms with van der Waals surface area (Å²) >= 11 is 0. The van der Waals surface area contributed by atoms with E-state index in [-0.39, 0.29) is 26.2 Å². The first kappa shape index (κ1) is 27.1. The summed E-state index contributed by atoms with van der Waals surface area (Å²) in [5, 5.41) is 5.26. The molecule has 1 amide bonds. The molecule has 0 aromatic heterocycles. The molecule has 1 fully saturated rings. The lowest BCUT2D eigenvalue weighted by atomic mass is 9.87. The molecule has 0 aliphatic carbocycles. The third-order valence-corrected chi connectivity index (χ3v) is 6.73. The molecule has 33 heavy (non-hydrogen) atoms. The summed E-state index contributed by atoms with van der Waals surface area (Å²) in [4.78, 5) is 47.2. The number of rotatable bonds is 9. The molecule has 1 heterocycles. The summed E-state index contributed by atoms with van der Waals surface area (Å²) in [6.45, 7) is 9.11. The molecule has 2 unspecified atom stereocenters. The van der Waals surface area contributed by atoms with Crippen LogP contribution in [0.25, 0.3) is 0 Å². The van der Waals surface area contributed by atoms with Crippen molar-refractivity contribution in [3.05, 3.63) is 34.9 Å². The zero-order valence-corrected chi connectivity index (χ0v) is 20.9. The van der Waals surface area contributed by atoms with Gasteiger partial charge in [0.2, 0.25) is 0 Å². The van der Waals surface area contributed by atoms with Crippen LogP contribution in [0.2, 0.25) is 0 Å². The second-order valence-electron chi connectivity index (χ2n) is 8.84. The number of nitrogens with one attached hydrogen (secondary N) is 2. The zero-order valence-electron chi connectivity index (χ0n) is 20.0. The van der Waals surface area contributed by atoms with Crippen LogP contribution in [0.3, 0.4) is 0 Å². The van der Waals surface area contributed by atoms with Crippen molar-refractivity contribution in [2.24, 2.45) is 5.41 Å². The van der Waals surface area contributed by atoms with Crippen LogP contribution in [0.5, 0.6) is 0 Å². The minimum atomic E-state index is -3.73. The number of carbonyl (C=O) groups excluding carboxylic acids is 3. The fourth-order valence-electron chi connectivity index (χ4n) is 3.33. The van der Waals surface area contributed by atoms with Crippen molar-refractivity contribution in [2.45, 2.75) is 59.8 Å². The van der Waals surface area contributed by atoms with Crippen LogP contribution in [-0.4, -0.2) is 55.1 Å². The lowest BCUT2D eigenvalue weighted by Crippen LogP contribution is -2.52. The van der Waals surface area contributed by atoms with E-state index in [1.807, 2.05) is 32.0 Å². The summed E-state index contributed by atoms with van der Waals surface area (Å²) in [5.74, 6) is -1.56. The van der Waals surface area contributed by atoms with Gasteiger partial charge < -0.3 is 14.8 Å². The Balaban J connectivity index is 1.95. The standard InChI is InChI=1S/C22H33N2O8P/c1-14-9-15(2)11-17(10-14)12-30-21(27)16(3)24-33(28)31-13-22(4,5)19(32-33)20(26)23-8-7-18(25)29-6/h9-11,16,19,24,28H,7-8,12-13H2,1-6H3/p+1/t16?,19-,33?/m0/s1. The Bertz CT molecular complexity index is 858. The highest BCUT2D eigenvalue weighted by Gasteiger charge is 2.58. The van der Waals surface area contributed by atoms with Gasteiger partial charge in [-0.05, 0) is 26.3 Å². The van der Waals surface area contributed by atoms with Gasteiger partial charge in [0.25, 0.3) is 5.91 Å². The third kappa shape index (κ3) is 8.01. The smallest absolute Gasteiger partial charge is 0.469 e. The van der Waals surface area contributed by atoms with Crippen LogP contribution >= 0.6 is 8.09 Å². The summed E-state index contributed by atoms with van der Waals surface area (Å²) in [7, 11) is -2.47. The average molecular weight is 485 g/mol. The van der Waals surface area contributed by atoms with Gasteiger partial charge in [0.1, 0.15) is 19.3 Å².